The fourth-order valence-corrected chi connectivity index (χ4v) is 1.46. The minimum Gasteiger partial charge on any atom is -0.478 e. The minimum absolute atomic E-state index is 0.0477. The third-order valence-corrected chi connectivity index (χ3v) is 2.38. The van der Waals surface area contributed by atoms with Crippen LogP contribution in [0.3, 0.4) is 0 Å². The monoisotopic (exact) mass is 268 g/mol. The van der Waals surface area contributed by atoms with Gasteiger partial charge < -0.3 is 15.7 Å². The first kappa shape index (κ1) is 14.2. The Labute approximate surface area is 109 Å². The molecule has 0 aromatic heterocycles. The number of benzene rings is 1. The summed E-state index contributed by atoms with van der Waals surface area (Å²) in [4.78, 5) is 22.3. The summed E-state index contributed by atoms with van der Waals surface area (Å²) in [7, 11) is 0. The van der Waals surface area contributed by atoms with Gasteiger partial charge in [-0.15, -0.1) is 6.58 Å². The molecule has 6 heteroatoms. The average molecular weight is 269 g/mol. The van der Waals surface area contributed by atoms with Crippen molar-refractivity contribution in [2.75, 3.05) is 18.4 Å². The van der Waals surface area contributed by atoms with Gasteiger partial charge in [0.1, 0.15) is 0 Å². The summed E-state index contributed by atoms with van der Waals surface area (Å²) in [6, 6.07) is 4.29. The fraction of sp³-hybridized carbons (Fsp3) is 0.167. The maximum atomic E-state index is 11.5. The Bertz CT molecular complexity index is 474. The highest BCUT2D eigenvalue weighted by Gasteiger charge is 2.10. The van der Waals surface area contributed by atoms with Gasteiger partial charge in [-0.25, -0.2) is 4.79 Å². The Morgan fingerprint density at radius 2 is 2.17 bits per heavy atom. The summed E-state index contributed by atoms with van der Waals surface area (Å²) in [5.74, 6) is -1.41. The summed E-state index contributed by atoms with van der Waals surface area (Å²) in [5, 5.41) is 14.4. The predicted octanol–water partition coefficient (Wildman–Crippen LogP) is 1.75. The van der Waals surface area contributed by atoms with Crippen LogP contribution in [0.1, 0.15) is 10.4 Å². The van der Waals surface area contributed by atoms with E-state index in [1.165, 1.54) is 12.1 Å². The molecular formula is C12H13ClN2O3. The van der Waals surface area contributed by atoms with Crippen molar-refractivity contribution < 1.29 is 14.7 Å². The van der Waals surface area contributed by atoms with Gasteiger partial charge in [0.25, 0.3) is 0 Å². The molecule has 96 valence electrons. The normalized spacial score (nSPS) is 9.83. The molecule has 3 N–H and O–H groups in total. The van der Waals surface area contributed by atoms with Gasteiger partial charge in [0, 0.05) is 12.2 Å². The van der Waals surface area contributed by atoms with E-state index in [0.29, 0.717) is 12.2 Å². The summed E-state index contributed by atoms with van der Waals surface area (Å²) in [6.45, 7) is 4.15. The smallest absolute Gasteiger partial charge is 0.337 e. The van der Waals surface area contributed by atoms with Crippen LogP contribution in [0.4, 0.5) is 5.69 Å². The number of nitrogens with one attached hydrogen (secondary N) is 2. The Hall–Kier alpha value is -1.85. The second-order valence-corrected chi connectivity index (χ2v) is 3.87. The van der Waals surface area contributed by atoms with E-state index in [1.54, 1.807) is 12.1 Å². The molecule has 0 radical (unpaired) electrons. The van der Waals surface area contributed by atoms with Crippen molar-refractivity contribution in [3.8, 4) is 0 Å². The SMILES string of the molecule is C=CCNCC(=O)Nc1ccc(Cl)c(C(=O)O)c1. The Morgan fingerprint density at radius 1 is 1.44 bits per heavy atom. The zero-order chi connectivity index (χ0) is 13.5. The number of carboxylic acids is 1. The third kappa shape index (κ3) is 4.20. The first-order valence-corrected chi connectivity index (χ1v) is 5.56. The number of rotatable bonds is 6. The molecule has 1 aromatic rings. The van der Waals surface area contributed by atoms with Crippen LogP contribution in [0.2, 0.25) is 5.02 Å². The summed E-state index contributed by atoms with van der Waals surface area (Å²) >= 11 is 5.71. The lowest BCUT2D eigenvalue weighted by Gasteiger charge is -2.07. The van der Waals surface area contributed by atoms with Crippen LogP contribution in [0, 0.1) is 0 Å². The maximum Gasteiger partial charge on any atom is 0.337 e. The molecule has 0 atom stereocenters. The Kier molecular flexibility index (Phi) is 5.35. The maximum absolute atomic E-state index is 11.5. The van der Waals surface area contributed by atoms with Crippen molar-refractivity contribution in [2.24, 2.45) is 0 Å². The predicted molar refractivity (Wildman–Crippen MR) is 70.1 cm³/mol. The molecule has 0 aliphatic carbocycles. The average Bonchev–Trinajstić information content (AvgIpc) is 2.31. The molecule has 0 fully saturated rings. The van der Waals surface area contributed by atoms with Crippen molar-refractivity contribution in [2.45, 2.75) is 0 Å². The number of hydrogen-bond donors (Lipinski definition) is 3. The lowest BCUT2D eigenvalue weighted by molar-refractivity contribution is -0.115. The second kappa shape index (κ2) is 6.78. The standard InChI is InChI=1S/C12H13ClN2O3/c1-2-5-14-7-11(16)15-8-3-4-10(13)9(6-8)12(17)18/h2-4,6,14H,1,5,7H2,(H,15,16)(H,17,18). The van der Waals surface area contributed by atoms with Crippen molar-refractivity contribution in [3.05, 3.63) is 41.4 Å². The van der Waals surface area contributed by atoms with Crippen molar-refractivity contribution in [1.29, 1.82) is 0 Å². The lowest BCUT2D eigenvalue weighted by atomic mass is 10.2. The molecule has 0 saturated carbocycles. The molecule has 0 unspecified atom stereocenters. The Balaban J connectivity index is 2.67. The molecule has 1 rings (SSSR count). The molecule has 0 saturated heterocycles. The fourth-order valence-electron chi connectivity index (χ4n) is 1.26. The molecule has 18 heavy (non-hydrogen) atoms. The van der Waals surface area contributed by atoms with Crippen LogP contribution >= 0.6 is 11.6 Å². The van der Waals surface area contributed by atoms with Crippen LogP contribution < -0.4 is 10.6 Å². The first-order valence-electron chi connectivity index (χ1n) is 5.19. The van der Waals surface area contributed by atoms with Gasteiger partial charge in [-0.3, -0.25) is 4.79 Å². The highest BCUT2D eigenvalue weighted by molar-refractivity contribution is 6.33. The molecule has 1 amide bonds. The number of carbonyl (C=O) groups excluding carboxylic acids is 1. The van der Waals surface area contributed by atoms with E-state index in [9.17, 15) is 9.59 Å². The number of carbonyl (C=O) groups is 2. The van der Waals surface area contributed by atoms with E-state index >= 15 is 0 Å². The number of carboxylic acid groups (broad SMARTS) is 1. The van der Waals surface area contributed by atoms with Crippen LogP contribution in [-0.4, -0.2) is 30.1 Å². The van der Waals surface area contributed by atoms with Crippen LogP contribution in [-0.2, 0) is 4.79 Å². The van der Waals surface area contributed by atoms with Gasteiger partial charge in [0.15, 0.2) is 0 Å². The summed E-state index contributed by atoms with van der Waals surface area (Å²) in [5.41, 5.74) is 0.343. The molecule has 0 heterocycles. The first-order chi connectivity index (χ1) is 8.54. The largest absolute Gasteiger partial charge is 0.478 e. The van der Waals surface area contributed by atoms with Gasteiger partial charge in [-0.2, -0.15) is 0 Å². The van der Waals surface area contributed by atoms with Crippen molar-refractivity contribution in [1.82, 2.24) is 5.32 Å². The molecule has 1 aromatic carbocycles. The van der Waals surface area contributed by atoms with E-state index < -0.39 is 5.97 Å². The quantitative estimate of drug-likeness (QED) is 0.543. The highest BCUT2D eigenvalue weighted by atomic mass is 35.5. The third-order valence-electron chi connectivity index (χ3n) is 2.05. The number of aromatic carboxylic acids is 1. The topological polar surface area (TPSA) is 78.4 Å². The molecule has 0 aliphatic rings. The van der Waals surface area contributed by atoms with Gasteiger partial charge in [-0.05, 0) is 18.2 Å². The Morgan fingerprint density at radius 3 is 2.78 bits per heavy atom. The van der Waals surface area contributed by atoms with E-state index in [0.717, 1.165) is 0 Å². The number of hydrogen-bond acceptors (Lipinski definition) is 3. The zero-order valence-corrected chi connectivity index (χ0v) is 10.3. The highest BCUT2D eigenvalue weighted by Crippen LogP contribution is 2.20. The van der Waals surface area contributed by atoms with Crippen molar-refractivity contribution >= 4 is 29.2 Å². The van der Waals surface area contributed by atoms with Crippen LogP contribution in [0.15, 0.2) is 30.9 Å². The molecule has 0 bridgehead atoms. The number of anilines is 1. The van der Waals surface area contributed by atoms with E-state index in [2.05, 4.69) is 17.2 Å². The van der Waals surface area contributed by atoms with E-state index in [1.807, 2.05) is 0 Å². The van der Waals surface area contributed by atoms with Gasteiger partial charge >= 0.3 is 5.97 Å². The summed E-state index contributed by atoms with van der Waals surface area (Å²) < 4.78 is 0. The number of amides is 1. The molecular weight excluding hydrogens is 256 g/mol. The van der Waals surface area contributed by atoms with E-state index in [4.69, 9.17) is 16.7 Å². The van der Waals surface area contributed by atoms with Crippen LogP contribution in [0.5, 0.6) is 0 Å². The second-order valence-electron chi connectivity index (χ2n) is 3.47. The van der Waals surface area contributed by atoms with Gasteiger partial charge in [-0.1, -0.05) is 17.7 Å². The zero-order valence-electron chi connectivity index (χ0n) is 9.57. The molecule has 0 aliphatic heterocycles. The lowest BCUT2D eigenvalue weighted by Crippen LogP contribution is -2.28. The van der Waals surface area contributed by atoms with Gasteiger partial charge in [0.2, 0.25) is 5.91 Å². The molecule has 5 nitrogen and oxygen atoms in total. The summed E-state index contributed by atoms with van der Waals surface area (Å²) in [6.07, 6.45) is 1.64. The van der Waals surface area contributed by atoms with Gasteiger partial charge in [0.05, 0.1) is 17.1 Å². The molecule has 0 spiro atoms. The van der Waals surface area contributed by atoms with Crippen LogP contribution in [0.25, 0.3) is 0 Å². The number of halogens is 1. The van der Waals surface area contributed by atoms with E-state index in [-0.39, 0.29) is 23.0 Å². The van der Waals surface area contributed by atoms with Crippen molar-refractivity contribution in [3.63, 3.8) is 0 Å². The minimum atomic E-state index is -1.14.